The first-order valence-corrected chi connectivity index (χ1v) is 5.70. The van der Waals surface area contributed by atoms with Gasteiger partial charge < -0.3 is 11.1 Å². The highest BCUT2D eigenvalue weighted by Crippen LogP contribution is 2.05. The van der Waals surface area contributed by atoms with Crippen molar-refractivity contribution in [2.45, 2.75) is 25.7 Å². The molecule has 4 heteroatoms. The number of benzene rings is 1. The summed E-state index contributed by atoms with van der Waals surface area (Å²) in [4.78, 5) is 11.5. The first kappa shape index (κ1) is 13.0. The van der Waals surface area contributed by atoms with Gasteiger partial charge in [-0.25, -0.2) is 0 Å². The number of rotatable bonds is 6. The lowest BCUT2D eigenvalue weighted by atomic mass is 10.1. The summed E-state index contributed by atoms with van der Waals surface area (Å²) >= 11 is 0. The van der Waals surface area contributed by atoms with Gasteiger partial charge >= 0.3 is 0 Å². The molecule has 90 valence electrons. The topological polar surface area (TPSA) is 78.9 Å². The Kier molecular flexibility index (Phi) is 5.59. The largest absolute Gasteiger partial charge is 0.399 e. The summed E-state index contributed by atoms with van der Waals surface area (Å²) in [5.74, 6) is 0.00623. The first-order valence-electron chi connectivity index (χ1n) is 5.70. The number of nitrogens with one attached hydrogen (secondary N) is 1. The van der Waals surface area contributed by atoms with Gasteiger partial charge in [0.2, 0.25) is 5.91 Å². The molecule has 1 amide bonds. The van der Waals surface area contributed by atoms with Crippen molar-refractivity contribution < 1.29 is 4.79 Å². The van der Waals surface area contributed by atoms with E-state index in [2.05, 4.69) is 11.4 Å². The van der Waals surface area contributed by atoms with Crippen LogP contribution in [0.3, 0.4) is 0 Å². The number of nitrogen functional groups attached to an aromatic ring is 1. The molecule has 0 aliphatic heterocycles. The summed E-state index contributed by atoms with van der Waals surface area (Å²) in [5.41, 5.74) is 7.21. The number of carbonyl (C=O) groups excluding carboxylic acids is 1. The first-order chi connectivity index (χ1) is 8.22. The van der Waals surface area contributed by atoms with Crippen LogP contribution in [-0.4, -0.2) is 12.5 Å². The van der Waals surface area contributed by atoms with Gasteiger partial charge in [0.1, 0.15) is 0 Å². The molecule has 1 rings (SSSR count). The molecule has 17 heavy (non-hydrogen) atoms. The quantitative estimate of drug-likeness (QED) is 0.576. The molecular weight excluding hydrogens is 214 g/mol. The number of anilines is 1. The van der Waals surface area contributed by atoms with Crippen LogP contribution < -0.4 is 11.1 Å². The normalized spacial score (nSPS) is 9.59. The minimum Gasteiger partial charge on any atom is -0.399 e. The van der Waals surface area contributed by atoms with Crippen LogP contribution in [-0.2, 0) is 11.2 Å². The molecule has 0 radical (unpaired) electrons. The van der Waals surface area contributed by atoms with Crippen molar-refractivity contribution in [1.29, 1.82) is 5.26 Å². The summed E-state index contributed by atoms with van der Waals surface area (Å²) < 4.78 is 0. The standard InChI is InChI=1S/C13H17N3O/c14-8-2-1-3-9-16-13(17)10-11-4-6-12(15)7-5-11/h4-7H,1-3,9-10,15H2,(H,16,17). The second kappa shape index (κ2) is 7.29. The Morgan fingerprint density at radius 2 is 2.00 bits per heavy atom. The summed E-state index contributed by atoms with van der Waals surface area (Å²) in [6.45, 7) is 0.634. The van der Waals surface area contributed by atoms with E-state index in [4.69, 9.17) is 11.0 Å². The van der Waals surface area contributed by atoms with Gasteiger partial charge in [0.05, 0.1) is 12.5 Å². The van der Waals surface area contributed by atoms with E-state index in [0.29, 0.717) is 25.1 Å². The van der Waals surface area contributed by atoms with E-state index in [1.807, 2.05) is 12.1 Å². The Balaban J connectivity index is 2.21. The van der Waals surface area contributed by atoms with Gasteiger partial charge in [-0.1, -0.05) is 12.1 Å². The second-order valence-electron chi connectivity index (χ2n) is 3.88. The summed E-state index contributed by atoms with van der Waals surface area (Å²) in [5, 5.41) is 11.2. The van der Waals surface area contributed by atoms with E-state index in [1.165, 1.54) is 0 Å². The van der Waals surface area contributed by atoms with Crippen LogP contribution in [0.25, 0.3) is 0 Å². The number of amides is 1. The molecule has 0 aromatic heterocycles. The van der Waals surface area contributed by atoms with Crippen molar-refractivity contribution in [1.82, 2.24) is 5.32 Å². The van der Waals surface area contributed by atoms with Crippen LogP contribution in [0, 0.1) is 11.3 Å². The third kappa shape index (κ3) is 5.57. The molecule has 0 aliphatic carbocycles. The Hall–Kier alpha value is -2.02. The number of carbonyl (C=O) groups is 1. The predicted molar refractivity (Wildman–Crippen MR) is 67.0 cm³/mol. The molecule has 0 bridgehead atoms. The molecule has 4 nitrogen and oxygen atoms in total. The zero-order chi connectivity index (χ0) is 12.5. The molecule has 0 saturated heterocycles. The van der Waals surface area contributed by atoms with Crippen molar-refractivity contribution in [3.63, 3.8) is 0 Å². The fraction of sp³-hybridized carbons (Fsp3) is 0.385. The molecule has 0 aliphatic rings. The van der Waals surface area contributed by atoms with E-state index >= 15 is 0 Å². The summed E-state index contributed by atoms with van der Waals surface area (Å²) in [7, 11) is 0. The number of unbranched alkanes of at least 4 members (excludes halogenated alkanes) is 2. The van der Waals surface area contributed by atoms with Crippen molar-refractivity contribution in [3.05, 3.63) is 29.8 Å². The number of nitrogens with two attached hydrogens (primary N) is 1. The van der Waals surface area contributed by atoms with Gasteiger partial charge in [0.15, 0.2) is 0 Å². The van der Waals surface area contributed by atoms with Crippen molar-refractivity contribution in [3.8, 4) is 6.07 Å². The van der Waals surface area contributed by atoms with Crippen molar-refractivity contribution >= 4 is 11.6 Å². The third-order valence-corrected chi connectivity index (χ3v) is 2.38. The van der Waals surface area contributed by atoms with E-state index in [9.17, 15) is 4.79 Å². The lowest BCUT2D eigenvalue weighted by Crippen LogP contribution is -2.26. The highest BCUT2D eigenvalue weighted by Gasteiger charge is 2.02. The fourth-order valence-electron chi connectivity index (χ4n) is 1.44. The van der Waals surface area contributed by atoms with Gasteiger partial charge in [-0.05, 0) is 30.5 Å². The van der Waals surface area contributed by atoms with Gasteiger partial charge in [-0.3, -0.25) is 4.79 Å². The van der Waals surface area contributed by atoms with Crippen LogP contribution >= 0.6 is 0 Å². The molecule has 0 heterocycles. The number of nitrogens with zero attached hydrogens (tertiary/aromatic N) is 1. The van der Waals surface area contributed by atoms with Crippen LogP contribution in [0.15, 0.2) is 24.3 Å². The van der Waals surface area contributed by atoms with Crippen molar-refractivity contribution in [2.75, 3.05) is 12.3 Å². The third-order valence-electron chi connectivity index (χ3n) is 2.38. The second-order valence-corrected chi connectivity index (χ2v) is 3.88. The lowest BCUT2D eigenvalue weighted by Gasteiger charge is -2.04. The maximum atomic E-state index is 11.5. The zero-order valence-electron chi connectivity index (χ0n) is 9.78. The highest BCUT2D eigenvalue weighted by atomic mass is 16.1. The van der Waals surface area contributed by atoms with Crippen LogP contribution in [0.1, 0.15) is 24.8 Å². The SMILES string of the molecule is N#CCCCCNC(=O)Cc1ccc(N)cc1. The zero-order valence-corrected chi connectivity index (χ0v) is 9.78. The van der Waals surface area contributed by atoms with Gasteiger partial charge in [0, 0.05) is 18.7 Å². The molecule has 0 saturated carbocycles. The molecule has 0 fully saturated rings. The van der Waals surface area contributed by atoms with Crippen LogP contribution in [0.2, 0.25) is 0 Å². The molecule has 0 spiro atoms. The average molecular weight is 231 g/mol. The van der Waals surface area contributed by atoms with E-state index in [1.54, 1.807) is 12.1 Å². The van der Waals surface area contributed by atoms with E-state index in [-0.39, 0.29) is 5.91 Å². The van der Waals surface area contributed by atoms with Crippen LogP contribution in [0.4, 0.5) is 5.69 Å². The minimum absolute atomic E-state index is 0.00623. The van der Waals surface area contributed by atoms with Crippen LogP contribution in [0.5, 0.6) is 0 Å². The fourth-order valence-corrected chi connectivity index (χ4v) is 1.44. The Labute approximate surface area is 101 Å². The van der Waals surface area contributed by atoms with Crippen molar-refractivity contribution in [2.24, 2.45) is 0 Å². The monoisotopic (exact) mass is 231 g/mol. The van der Waals surface area contributed by atoms with Gasteiger partial charge in [0.25, 0.3) is 0 Å². The summed E-state index contributed by atoms with van der Waals surface area (Å²) in [6.07, 6.45) is 2.60. The molecule has 0 atom stereocenters. The predicted octanol–water partition coefficient (Wildman–Crippen LogP) is 1.62. The average Bonchev–Trinajstić information content (AvgIpc) is 2.32. The molecule has 1 aromatic rings. The number of nitriles is 1. The minimum atomic E-state index is 0.00623. The lowest BCUT2D eigenvalue weighted by molar-refractivity contribution is -0.120. The Morgan fingerprint density at radius 1 is 1.29 bits per heavy atom. The number of hydrogen-bond donors (Lipinski definition) is 2. The summed E-state index contributed by atoms with van der Waals surface area (Å²) in [6, 6.07) is 9.35. The smallest absolute Gasteiger partial charge is 0.224 e. The molecule has 1 aromatic carbocycles. The van der Waals surface area contributed by atoms with Gasteiger partial charge in [-0.15, -0.1) is 0 Å². The molecule has 0 unspecified atom stereocenters. The Bertz CT molecular complexity index is 392. The van der Waals surface area contributed by atoms with E-state index in [0.717, 1.165) is 18.4 Å². The highest BCUT2D eigenvalue weighted by molar-refractivity contribution is 5.78. The maximum Gasteiger partial charge on any atom is 0.224 e. The van der Waals surface area contributed by atoms with E-state index < -0.39 is 0 Å². The molecular formula is C13H17N3O. The maximum absolute atomic E-state index is 11.5. The van der Waals surface area contributed by atoms with Gasteiger partial charge in [-0.2, -0.15) is 5.26 Å². The Morgan fingerprint density at radius 3 is 2.65 bits per heavy atom. The molecule has 3 N–H and O–H groups in total. The number of hydrogen-bond acceptors (Lipinski definition) is 3.